The van der Waals surface area contributed by atoms with Crippen LogP contribution in [0.15, 0.2) is 54.3 Å². The van der Waals surface area contributed by atoms with Crippen molar-refractivity contribution < 1.29 is 14.3 Å². The standard InChI is InChI=1S/C24H23N5O3/c1-3-22(30)29-11-10-17(15-29)14-25-23-19-13-18(28-24(19)27-16-26-23)7-6-12-32-21-9-5-4-8-20(21)31-2/h3-5,8-9,13-14,16-17H,1,10-12,15H2,2H3,(H,26,27,28)/b25-14+. The molecule has 4 rings (SSSR count). The van der Waals surface area contributed by atoms with E-state index < -0.39 is 0 Å². The fourth-order valence-electron chi connectivity index (χ4n) is 3.49. The second-order valence-corrected chi connectivity index (χ2v) is 7.20. The predicted octanol–water partition coefficient (Wildman–Crippen LogP) is 3.13. The highest BCUT2D eigenvalue weighted by atomic mass is 16.5. The van der Waals surface area contributed by atoms with Crippen molar-refractivity contribution in [1.29, 1.82) is 0 Å². The number of aromatic nitrogens is 3. The van der Waals surface area contributed by atoms with E-state index in [4.69, 9.17) is 9.47 Å². The molecule has 162 valence electrons. The third-order valence-electron chi connectivity index (χ3n) is 5.12. The molecule has 1 aliphatic heterocycles. The van der Waals surface area contributed by atoms with Crippen molar-refractivity contribution in [2.75, 3.05) is 26.8 Å². The van der Waals surface area contributed by atoms with Crippen LogP contribution in [0.3, 0.4) is 0 Å². The summed E-state index contributed by atoms with van der Waals surface area (Å²) in [6, 6.07) is 9.30. The molecule has 8 nitrogen and oxygen atoms in total. The number of para-hydroxylation sites is 2. The first-order valence-corrected chi connectivity index (χ1v) is 10.2. The maximum Gasteiger partial charge on any atom is 0.245 e. The van der Waals surface area contributed by atoms with Crippen LogP contribution in [0.2, 0.25) is 0 Å². The molecule has 8 heteroatoms. The van der Waals surface area contributed by atoms with Gasteiger partial charge in [-0.1, -0.05) is 24.6 Å². The maximum absolute atomic E-state index is 11.7. The summed E-state index contributed by atoms with van der Waals surface area (Å²) in [5, 5.41) is 0.788. The highest BCUT2D eigenvalue weighted by Gasteiger charge is 2.23. The van der Waals surface area contributed by atoms with Crippen LogP contribution in [0.25, 0.3) is 11.0 Å². The van der Waals surface area contributed by atoms with E-state index in [2.05, 4.69) is 38.4 Å². The fraction of sp³-hybridized carbons (Fsp3) is 0.250. The van der Waals surface area contributed by atoms with Crippen LogP contribution in [-0.2, 0) is 4.79 Å². The van der Waals surface area contributed by atoms with Gasteiger partial charge in [-0.2, -0.15) is 0 Å². The number of ether oxygens (including phenoxy) is 2. The topological polar surface area (TPSA) is 92.7 Å². The van der Waals surface area contributed by atoms with Crippen LogP contribution in [-0.4, -0.2) is 58.8 Å². The number of nitrogens with one attached hydrogen (secondary N) is 1. The summed E-state index contributed by atoms with van der Waals surface area (Å²) in [6.07, 6.45) is 5.54. The van der Waals surface area contributed by atoms with Crippen molar-refractivity contribution in [2.24, 2.45) is 10.9 Å². The highest BCUT2D eigenvalue weighted by Crippen LogP contribution is 2.26. The molecule has 1 aromatic carbocycles. The van der Waals surface area contributed by atoms with Gasteiger partial charge >= 0.3 is 0 Å². The summed E-state index contributed by atoms with van der Waals surface area (Å²) < 4.78 is 10.9. The normalized spacial score (nSPS) is 15.5. The Kier molecular flexibility index (Phi) is 6.46. The molecule has 1 aliphatic rings. The number of methoxy groups -OCH3 is 1. The number of nitrogens with zero attached hydrogens (tertiary/aromatic N) is 4. The van der Waals surface area contributed by atoms with Crippen molar-refractivity contribution in [3.8, 4) is 23.3 Å². The number of fused-ring (bicyclic) bond motifs is 1. The average molecular weight is 429 g/mol. The lowest BCUT2D eigenvalue weighted by Gasteiger charge is -2.12. The number of carbonyl (C=O) groups is 1. The van der Waals surface area contributed by atoms with E-state index in [0.29, 0.717) is 41.7 Å². The number of hydrogen-bond donors (Lipinski definition) is 1. The Bertz CT molecular complexity index is 1220. The summed E-state index contributed by atoms with van der Waals surface area (Å²) in [5.41, 5.74) is 1.36. The maximum atomic E-state index is 11.7. The number of aliphatic imine (C=N–C) groups is 1. The van der Waals surface area contributed by atoms with E-state index in [0.717, 1.165) is 11.8 Å². The Balaban J connectivity index is 1.43. The molecular formula is C24H23N5O3. The number of aromatic amines is 1. The van der Waals surface area contributed by atoms with Crippen molar-refractivity contribution in [2.45, 2.75) is 6.42 Å². The number of hydrogen-bond acceptors (Lipinski definition) is 6. The van der Waals surface area contributed by atoms with Gasteiger partial charge in [0.05, 0.1) is 18.2 Å². The van der Waals surface area contributed by atoms with Gasteiger partial charge in [0, 0.05) is 25.2 Å². The monoisotopic (exact) mass is 429 g/mol. The number of amides is 1. The summed E-state index contributed by atoms with van der Waals surface area (Å²) in [4.78, 5) is 29.8. The third-order valence-corrected chi connectivity index (χ3v) is 5.12. The van der Waals surface area contributed by atoms with Gasteiger partial charge in [-0.15, -0.1) is 0 Å². The number of likely N-dealkylation sites (tertiary alicyclic amines) is 1. The van der Waals surface area contributed by atoms with Crippen LogP contribution in [0.4, 0.5) is 5.82 Å². The van der Waals surface area contributed by atoms with Gasteiger partial charge in [-0.3, -0.25) is 4.79 Å². The zero-order valence-electron chi connectivity index (χ0n) is 17.7. The summed E-state index contributed by atoms with van der Waals surface area (Å²) >= 11 is 0. The van der Waals surface area contributed by atoms with E-state index in [-0.39, 0.29) is 18.4 Å². The van der Waals surface area contributed by atoms with Gasteiger partial charge in [0.25, 0.3) is 0 Å². The van der Waals surface area contributed by atoms with Crippen LogP contribution in [0, 0.1) is 17.8 Å². The first-order chi connectivity index (χ1) is 15.7. The molecule has 3 heterocycles. The van der Waals surface area contributed by atoms with Crippen LogP contribution >= 0.6 is 0 Å². The van der Waals surface area contributed by atoms with Crippen molar-refractivity contribution in [3.63, 3.8) is 0 Å². The zero-order chi connectivity index (χ0) is 22.3. The summed E-state index contributed by atoms with van der Waals surface area (Å²) in [5.74, 6) is 8.05. The quantitative estimate of drug-likeness (QED) is 0.369. The van der Waals surface area contributed by atoms with Crippen LogP contribution in [0.5, 0.6) is 11.5 Å². The molecule has 1 amide bonds. The summed E-state index contributed by atoms with van der Waals surface area (Å²) in [6.45, 7) is 5.10. The van der Waals surface area contributed by atoms with Crippen LogP contribution < -0.4 is 9.47 Å². The van der Waals surface area contributed by atoms with E-state index in [1.807, 2.05) is 36.5 Å². The average Bonchev–Trinajstić information content (AvgIpc) is 3.47. The van der Waals surface area contributed by atoms with Gasteiger partial charge in [-0.25, -0.2) is 15.0 Å². The molecule has 2 aromatic heterocycles. The Morgan fingerprint density at radius 3 is 3.03 bits per heavy atom. The summed E-state index contributed by atoms with van der Waals surface area (Å²) in [7, 11) is 1.60. The van der Waals surface area contributed by atoms with E-state index in [9.17, 15) is 4.79 Å². The third kappa shape index (κ3) is 4.78. The second-order valence-electron chi connectivity index (χ2n) is 7.20. The first kappa shape index (κ1) is 21.1. The van der Waals surface area contributed by atoms with Gasteiger partial charge in [0.1, 0.15) is 18.6 Å². The molecule has 0 radical (unpaired) electrons. The highest BCUT2D eigenvalue weighted by molar-refractivity contribution is 5.89. The molecule has 1 saturated heterocycles. The van der Waals surface area contributed by atoms with Crippen molar-refractivity contribution in [1.82, 2.24) is 19.9 Å². The SMILES string of the molecule is C=CC(=O)N1CCC(/C=N/c2ncnc3[nH]c(C#CCOc4ccccc4OC)cc23)C1. The lowest BCUT2D eigenvalue weighted by atomic mass is 10.1. The minimum absolute atomic E-state index is 0.0473. The number of benzene rings is 1. The molecule has 1 N–H and O–H groups in total. The van der Waals surface area contributed by atoms with Gasteiger partial charge in [0.15, 0.2) is 17.3 Å². The molecule has 1 fully saturated rings. The number of carbonyl (C=O) groups excluding carboxylic acids is 1. The molecule has 32 heavy (non-hydrogen) atoms. The van der Waals surface area contributed by atoms with Crippen molar-refractivity contribution >= 4 is 29.0 Å². The molecule has 0 bridgehead atoms. The molecule has 1 atom stereocenters. The molecule has 0 spiro atoms. The lowest BCUT2D eigenvalue weighted by molar-refractivity contribution is -0.125. The molecule has 0 aliphatic carbocycles. The largest absolute Gasteiger partial charge is 0.493 e. The smallest absolute Gasteiger partial charge is 0.245 e. The number of rotatable bonds is 6. The first-order valence-electron chi connectivity index (χ1n) is 10.2. The minimum atomic E-state index is -0.0473. The number of H-pyrrole nitrogens is 1. The fourth-order valence-corrected chi connectivity index (χ4v) is 3.49. The minimum Gasteiger partial charge on any atom is -0.493 e. The Morgan fingerprint density at radius 2 is 2.22 bits per heavy atom. The zero-order valence-corrected chi connectivity index (χ0v) is 17.7. The van der Waals surface area contributed by atoms with Gasteiger partial charge < -0.3 is 19.4 Å². The van der Waals surface area contributed by atoms with Gasteiger partial charge in [-0.05, 0) is 36.6 Å². The molecule has 0 saturated carbocycles. The Hall–Kier alpha value is -4.12. The van der Waals surface area contributed by atoms with Crippen molar-refractivity contribution in [3.05, 3.63) is 55.0 Å². The van der Waals surface area contributed by atoms with Gasteiger partial charge in [0.2, 0.25) is 5.91 Å². The van der Waals surface area contributed by atoms with E-state index in [1.54, 1.807) is 12.0 Å². The molecular weight excluding hydrogens is 406 g/mol. The van der Waals surface area contributed by atoms with Crippen LogP contribution in [0.1, 0.15) is 12.1 Å². The molecule has 1 unspecified atom stereocenters. The van der Waals surface area contributed by atoms with E-state index >= 15 is 0 Å². The second kappa shape index (κ2) is 9.79. The predicted molar refractivity (Wildman–Crippen MR) is 122 cm³/mol. The Labute approximate surface area is 186 Å². The van der Waals surface area contributed by atoms with E-state index in [1.165, 1.54) is 12.4 Å². The lowest BCUT2D eigenvalue weighted by Crippen LogP contribution is -2.26. The Morgan fingerprint density at radius 1 is 1.38 bits per heavy atom. The molecule has 3 aromatic rings.